The summed E-state index contributed by atoms with van der Waals surface area (Å²) in [5.41, 5.74) is 0.0552. The topological polar surface area (TPSA) is 75.3 Å². The normalized spacial score (nSPS) is 11.0. The Hall–Kier alpha value is -2.12. The van der Waals surface area contributed by atoms with Crippen LogP contribution < -0.4 is 10.0 Å². The largest absolute Gasteiger partial charge is 0.325 e. The van der Waals surface area contributed by atoms with Crippen LogP contribution in [0.25, 0.3) is 0 Å². The van der Waals surface area contributed by atoms with E-state index in [2.05, 4.69) is 10.0 Å². The summed E-state index contributed by atoms with van der Waals surface area (Å²) < 4.78 is 40.3. The van der Waals surface area contributed by atoms with Gasteiger partial charge in [0.05, 0.1) is 16.4 Å². The van der Waals surface area contributed by atoms with Crippen molar-refractivity contribution in [1.82, 2.24) is 0 Å². The number of carbonyl (C=O) groups is 1. The van der Waals surface area contributed by atoms with Gasteiger partial charge in [0.15, 0.2) is 0 Å². The Morgan fingerprint density at radius 2 is 1.82 bits per heavy atom. The number of benzene rings is 2. The lowest BCUT2D eigenvalue weighted by molar-refractivity contribution is -0.114. The van der Waals surface area contributed by atoms with E-state index in [0.29, 0.717) is 0 Å². The zero-order valence-electron chi connectivity index (χ0n) is 11.4. The molecule has 116 valence electrons. The van der Waals surface area contributed by atoms with Gasteiger partial charge < -0.3 is 5.32 Å². The second-order valence-electron chi connectivity index (χ2n) is 4.41. The van der Waals surface area contributed by atoms with Crippen LogP contribution in [-0.2, 0) is 14.8 Å². The molecule has 0 aliphatic carbocycles. The third-order valence-electron chi connectivity index (χ3n) is 2.66. The summed E-state index contributed by atoms with van der Waals surface area (Å²) >= 11 is 5.87. The minimum atomic E-state index is -4.02. The fourth-order valence-corrected chi connectivity index (χ4v) is 3.35. The van der Waals surface area contributed by atoms with E-state index in [4.69, 9.17) is 11.6 Å². The predicted molar refractivity (Wildman–Crippen MR) is 83.0 cm³/mol. The number of hydrogen-bond acceptors (Lipinski definition) is 3. The maximum atomic E-state index is 13.4. The molecule has 0 fully saturated rings. The van der Waals surface area contributed by atoms with Crippen molar-refractivity contribution in [2.24, 2.45) is 0 Å². The van der Waals surface area contributed by atoms with Crippen LogP contribution in [0.15, 0.2) is 47.4 Å². The van der Waals surface area contributed by atoms with Gasteiger partial charge in [-0.2, -0.15) is 0 Å². The molecule has 2 rings (SSSR count). The zero-order valence-corrected chi connectivity index (χ0v) is 13.0. The first-order valence-corrected chi connectivity index (χ1v) is 8.00. The Morgan fingerprint density at radius 3 is 2.45 bits per heavy atom. The summed E-state index contributed by atoms with van der Waals surface area (Å²) in [6, 6.07) is 9.20. The van der Waals surface area contributed by atoms with Crippen molar-refractivity contribution in [1.29, 1.82) is 0 Å². The number of rotatable bonds is 4. The quantitative estimate of drug-likeness (QED) is 0.895. The summed E-state index contributed by atoms with van der Waals surface area (Å²) in [5.74, 6) is -1.06. The van der Waals surface area contributed by atoms with Crippen molar-refractivity contribution in [3.05, 3.63) is 53.3 Å². The van der Waals surface area contributed by atoms with Crippen molar-refractivity contribution >= 4 is 38.9 Å². The van der Waals surface area contributed by atoms with E-state index in [1.807, 2.05) is 0 Å². The van der Waals surface area contributed by atoms with Crippen molar-refractivity contribution in [3.63, 3.8) is 0 Å². The maximum Gasteiger partial charge on any atom is 0.263 e. The molecule has 0 radical (unpaired) electrons. The highest BCUT2D eigenvalue weighted by atomic mass is 35.5. The second kappa shape index (κ2) is 6.33. The van der Waals surface area contributed by atoms with Gasteiger partial charge in [-0.15, -0.1) is 0 Å². The third kappa shape index (κ3) is 3.75. The van der Waals surface area contributed by atoms with Gasteiger partial charge in [0.25, 0.3) is 10.0 Å². The first kappa shape index (κ1) is 16.3. The smallest absolute Gasteiger partial charge is 0.263 e. The van der Waals surface area contributed by atoms with Gasteiger partial charge in [0, 0.05) is 13.0 Å². The highest BCUT2D eigenvalue weighted by Crippen LogP contribution is 2.28. The minimum Gasteiger partial charge on any atom is -0.325 e. The molecule has 2 aromatic rings. The summed E-state index contributed by atoms with van der Waals surface area (Å²) in [7, 11) is -4.02. The Morgan fingerprint density at radius 1 is 1.14 bits per heavy atom. The summed E-state index contributed by atoms with van der Waals surface area (Å²) in [6.07, 6.45) is 0. The van der Waals surface area contributed by atoms with E-state index in [-0.39, 0.29) is 21.3 Å². The zero-order chi connectivity index (χ0) is 16.3. The van der Waals surface area contributed by atoms with E-state index in [1.54, 1.807) is 6.07 Å². The van der Waals surface area contributed by atoms with Crippen molar-refractivity contribution in [2.75, 3.05) is 10.0 Å². The fourth-order valence-electron chi connectivity index (χ4n) is 1.76. The van der Waals surface area contributed by atoms with Crippen molar-refractivity contribution in [3.8, 4) is 0 Å². The number of carbonyl (C=O) groups excluding carboxylic acids is 1. The Labute approximate surface area is 132 Å². The first-order valence-electron chi connectivity index (χ1n) is 6.14. The van der Waals surface area contributed by atoms with Crippen molar-refractivity contribution in [2.45, 2.75) is 11.8 Å². The molecule has 2 aromatic carbocycles. The van der Waals surface area contributed by atoms with Gasteiger partial charge in [-0.1, -0.05) is 23.7 Å². The monoisotopic (exact) mass is 342 g/mol. The maximum absolute atomic E-state index is 13.4. The van der Waals surface area contributed by atoms with Gasteiger partial charge >= 0.3 is 0 Å². The molecule has 8 heteroatoms. The number of nitrogens with one attached hydrogen (secondary N) is 2. The second-order valence-corrected chi connectivity index (χ2v) is 6.47. The molecule has 0 aromatic heterocycles. The standard InChI is InChI=1S/C14H12ClFN2O3S/c1-9(19)17-12-7-6-10(16)8-13(12)18-22(20,21)14-5-3-2-4-11(14)15/h2-8,18H,1H3,(H,17,19). The molecular formula is C14H12ClFN2O3S. The molecule has 2 N–H and O–H groups in total. The Balaban J connectivity index is 2.43. The molecule has 0 saturated carbocycles. The molecule has 0 bridgehead atoms. The minimum absolute atomic E-state index is 0.0347. The lowest BCUT2D eigenvalue weighted by Crippen LogP contribution is -2.16. The molecule has 0 aliphatic rings. The van der Waals surface area contributed by atoms with Gasteiger partial charge in [0.1, 0.15) is 10.7 Å². The SMILES string of the molecule is CC(=O)Nc1ccc(F)cc1NS(=O)(=O)c1ccccc1Cl. The Bertz CT molecular complexity index is 825. The number of anilines is 2. The predicted octanol–water partition coefficient (Wildman–Crippen LogP) is 3.24. The van der Waals surface area contributed by atoms with E-state index < -0.39 is 21.7 Å². The first-order chi connectivity index (χ1) is 10.3. The fraction of sp³-hybridized carbons (Fsp3) is 0.0714. The lowest BCUT2D eigenvalue weighted by Gasteiger charge is -2.13. The highest BCUT2D eigenvalue weighted by Gasteiger charge is 2.19. The van der Waals surface area contributed by atoms with Crippen LogP contribution >= 0.6 is 11.6 Å². The molecule has 0 unspecified atom stereocenters. The van der Waals surface area contributed by atoms with E-state index >= 15 is 0 Å². The number of sulfonamides is 1. The third-order valence-corrected chi connectivity index (χ3v) is 4.53. The molecular weight excluding hydrogens is 331 g/mol. The van der Waals surface area contributed by atoms with Crippen LogP contribution in [0.2, 0.25) is 5.02 Å². The van der Waals surface area contributed by atoms with Gasteiger partial charge in [-0.05, 0) is 24.3 Å². The molecule has 0 spiro atoms. The summed E-state index contributed by atoms with van der Waals surface area (Å²) in [5, 5.41) is 2.46. The molecule has 1 amide bonds. The van der Waals surface area contributed by atoms with Crippen LogP contribution in [0, 0.1) is 5.82 Å². The van der Waals surface area contributed by atoms with Crippen molar-refractivity contribution < 1.29 is 17.6 Å². The molecule has 5 nitrogen and oxygen atoms in total. The van der Waals surface area contributed by atoms with Crippen LogP contribution in [-0.4, -0.2) is 14.3 Å². The molecule has 0 heterocycles. The van der Waals surface area contributed by atoms with E-state index in [0.717, 1.165) is 12.1 Å². The van der Waals surface area contributed by atoms with Crippen LogP contribution in [0.1, 0.15) is 6.92 Å². The van der Waals surface area contributed by atoms with E-state index in [1.165, 1.54) is 31.2 Å². The van der Waals surface area contributed by atoms with Crippen LogP contribution in [0.3, 0.4) is 0 Å². The van der Waals surface area contributed by atoms with Gasteiger partial charge in [-0.25, -0.2) is 12.8 Å². The molecule has 0 saturated heterocycles. The molecule has 22 heavy (non-hydrogen) atoms. The van der Waals surface area contributed by atoms with Crippen LogP contribution in [0.4, 0.5) is 15.8 Å². The number of hydrogen-bond donors (Lipinski definition) is 2. The summed E-state index contributed by atoms with van der Waals surface area (Å²) in [4.78, 5) is 11.0. The van der Waals surface area contributed by atoms with Gasteiger partial charge in [0.2, 0.25) is 5.91 Å². The average molecular weight is 343 g/mol. The molecule has 0 aliphatic heterocycles. The number of halogens is 2. The van der Waals surface area contributed by atoms with Crippen LogP contribution in [0.5, 0.6) is 0 Å². The van der Waals surface area contributed by atoms with E-state index in [9.17, 15) is 17.6 Å². The molecule has 0 atom stereocenters. The van der Waals surface area contributed by atoms with Gasteiger partial charge in [-0.3, -0.25) is 9.52 Å². The average Bonchev–Trinajstić information content (AvgIpc) is 2.41. The number of amides is 1. The lowest BCUT2D eigenvalue weighted by atomic mass is 10.2. The summed E-state index contributed by atoms with van der Waals surface area (Å²) in [6.45, 7) is 1.26. The highest BCUT2D eigenvalue weighted by molar-refractivity contribution is 7.92. The Kier molecular flexibility index (Phi) is 4.68.